The van der Waals surface area contributed by atoms with E-state index in [4.69, 9.17) is 0 Å². The number of rotatable bonds is 6. The molecule has 0 aliphatic rings. The summed E-state index contributed by atoms with van der Waals surface area (Å²) in [6.45, 7) is 3.01. The zero-order chi connectivity index (χ0) is 16.1. The van der Waals surface area contributed by atoms with Gasteiger partial charge in [0.25, 0.3) is 5.91 Å². The minimum atomic E-state index is -0.160. The molecule has 2 N–H and O–H groups in total. The molecule has 118 valence electrons. The summed E-state index contributed by atoms with van der Waals surface area (Å²) < 4.78 is 0. The Bertz CT molecular complexity index is 818. The second-order valence-corrected chi connectivity index (χ2v) is 5.68. The average Bonchev–Trinajstić information content (AvgIpc) is 3.08. The minimum absolute atomic E-state index is 0.160. The molecule has 0 fully saturated rings. The Kier molecular flexibility index (Phi) is 4.72. The first kappa shape index (κ1) is 15.3. The van der Waals surface area contributed by atoms with Gasteiger partial charge in [-0.25, -0.2) is 19.9 Å². The van der Waals surface area contributed by atoms with Gasteiger partial charge >= 0.3 is 0 Å². The van der Waals surface area contributed by atoms with Crippen LogP contribution in [0.1, 0.15) is 23.0 Å². The van der Waals surface area contributed by atoms with Crippen LogP contribution in [0, 0.1) is 0 Å². The Morgan fingerprint density at radius 2 is 2.13 bits per heavy atom. The molecule has 1 amide bonds. The molecule has 23 heavy (non-hydrogen) atoms. The van der Waals surface area contributed by atoms with Gasteiger partial charge in [0.2, 0.25) is 0 Å². The van der Waals surface area contributed by atoms with Gasteiger partial charge in [-0.15, -0.1) is 11.3 Å². The molecule has 0 saturated carbocycles. The predicted molar refractivity (Wildman–Crippen MR) is 89.6 cm³/mol. The lowest BCUT2D eigenvalue weighted by molar-refractivity contribution is 0.0953. The van der Waals surface area contributed by atoms with E-state index in [2.05, 4.69) is 30.6 Å². The van der Waals surface area contributed by atoms with Crippen molar-refractivity contribution in [3.63, 3.8) is 0 Å². The summed E-state index contributed by atoms with van der Waals surface area (Å²) in [6, 6.07) is 1.98. The molecule has 0 aliphatic heterocycles. The van der Waals surface area contributed by atoms with Crippen molar-refractivity contribution in [1.29, 1.82) is 0 Å². The molecule has 0 aromatic carbocycles. The third-order valence-electron chi connectivity index (χ3n) is 3.34. The summed E-state index contributed by atoms with van der Waals surface area (Å²) in [6.07, 6.45) is 5.24. The van der Waals surface area contributed by atoms with Crippen LogP contribution in [0.25, 0.3) is 10.2 Å². The van der Waals surface area contributed by atoms with E-state index in [1.54, 1.807) is 17.5 Å². The molecular weight excluding hydrogens is 312 g/mol. The molecule has 3 aromatic rings. The maximum atomic E-state index is 12.2. The Hall–Kier alpha value is -2.61. The molecule has 0 atom stereocenters. The van der Waals surface area contributed by atoms with E-state index in [1.807, 2.05) is 18.4 Å². The number of carbonyl (C=O) groups excluding carboxylic acids is 1. The van der Waals surface area contributed by atoms with Gasteiger partial charge in [-0.3, -0.25) is 4.79 Å². The summed E-state index contributed by atoms with van der Waals surface area (Å²) in [4.78, 5) is 29.6. The summed E-state index contributed by atoms with van der Waals surface area (Å²) >= 11 is 1.57. The van der Waals surface area contributed by atoms with Crippen LogP contribution < -0.4 is 10.6 Å². The average molecular weight is 328 g/mol. The molecule has 0 bridgehead atoms. The number of aryl methyl sites for hydroxylation is 1. The molecule has 0 unspecified atom stereocenters. The number of thiophene rings is 1. The van der Waals surface area contributed by atoms with E-state index in [0.717, 1.165) is 21.7 Å². The Labute approximate surface area is 137 Å². The van der Waals surface area contributed by atoms with Crippen LogP contribution in [-0.4, -0.2) is 38.9 Å². The number of anilines is 1. The Morgan fingerprint density at radius 1 is 1.22 bits per heavy atom. The van der Waals surface area contributed by atoms with Gasteiger partial charge in [-0.2, -0.15) is 0 Å². The smallest absolute Gasteiger partial charge is 0.254 e. The van der Waals surface area contributed by atoms with E-state index in [-0.39, 0.29) is 5.91 Å². The van der Waals surface area contributed by atoms with Crippen molar-refractivity contribution in [2.75, 3.05) is 18.4 Å². The molecule has 3 heterocycles. The van der Waals surface area contributed by atoms with Gasteiger partial charge in [0.15, 0.2) is 0 Å². The normalized spacial score (nSPS) is 10.7. The largest absolute Gasteiger partial charge is 0.368 e. The van der Waals surface area contributed by atoms with Crippen LogP contribution in [0.2, 0.25) is 0 Å². The van der Waals surface area contributed by atoms with Crippen LogP contribution in [0.4, 0.5) is 5.82 Å². The zero-order valence-corrected chi connectivity index (χ0v) is 13.4. The fourth-order valence-corrected chi connectivity index (χ4v) is 2.94. The molecule has 0 spiro atoms. The maximum absolute atomic E-state index is 12.2. The number of nitrogens with one attached hydrogen (secondary N) is 2. The van der Waals surface area contributed by atoms with Gasteiger partial charge in [0.1, 0.15) is 23.3 Å². The third-order valence-corrected chi connectivity index (χ3v) is 4.16. The van der Waals surface area contributed by atoms with Gasteiger partial charge in [-0.1, -0.05) is 6.92 Å². The first-order valence-electron chi connectivity index (χ1n) is 7.28. The van der Waals surface area contributed by atoms with Gasteiger partial charge in [0.05, 0.1) is 16.6 Å². The molecule has 0 aliphatic carbocycles. The number of hydrogen-bond donors (Lipinski definition) is 2. The highest BCUT2D eigenvalue weighted by molar-refractivity contribution is 7.16. The van der Waals surface area contributed by atoms with E-state index < -0.39 is 0 Å². The van der Waals surface area contributed by atoms with Crippen LogP contribution in [0.15, 0.2) is 30.3 Å². The van der Waals surface area contributed by atoms with Crippen LogP contribution >= 0.6 is 11.3 Å². The monoisotopic (exact) mass is 328 g/mol. The quantitative estimate of drug-likeness (QED) is 0.671. The number of aromatic nitrogens is 4. The van der Waals surface area contributed by atoms with Gasteiger partial charge in [-0.05, 0) is 17.9 Å². The summed E-state index contributed by atoms with van der Waals surface area (Å²) in [7, 11) is 0. The highest BCUT2D eigenvalue weighted by atomic mass is 32.1. The summed E-state index contributed by atoms with van der Waals surface area (Å²) in [5.41, 5.74) is 1.28. The first-order chi connectivity index (χ1) is 11.3. The third kappa shape index (κ3) is 3.42. The topological polar surface area (TPSA) is 92.7 Å². The van der Waals surface area contributed by atoms with Crippen molar-refractivity contribution in [2.24, 2.45) is 0 Å². The number of carbonyl (C=O) groups is 1. The van der Waals surface area contributed by atoms with Crippen molar-refractivity contribution >= 4 is 33.3 Å². The van der Waals surface area contributed by atoms with Crippen LogP contribution in [0.3, 0.4) is 0 Å². The zero-order valence-electron chi connectivity index (χ0n) is 12.6. The Morgan fingerprint density at radius 3 is 3.00 bits per heavy atom. The molecule has 0 saturated heterocycles. The van der Waals surface area contributed by atoms with Crippen molar-refractivity contribution < 1.29 is 4.79 Å². The molecule has 8 heteroatoms. The maximum Gasteiger partial charge on any atom is 0.254 e. The molecular formula is C15H16N6OS. The predicted octanol–water partition coefficient (Wildman–Crippen LogP) is 1.89. The van der Waals surface area contributed by atoms with Crippen molar-refractivity contribution in [1.82, 2.24) is 25.3 Å². The fourth-order valence-electron chi connectivity index (χ4n) is 2.21. The SMILES string of the molecule is CCc1ncncc1C(=O)NCCNc1ncnc2sccc12. The number of nitrogens with zero attached hydrogens (tertiary/aromatic N) is 4. The van der Waals surface area contributed by atoms with E-state index in [1.165, 1.54) is 12.7 Å². The minimum Gasteiger partial charge on any atom is -0.368 e. The lowest BCUT2D eigenvalue weighted by Gasteiger charge is -2.09. The van der Waals surface area contributed by atoms with Gasteiger partial charge < -0.3 is 10.6 Å². The lowest BCUT2D eigenvalue weighted by Crippen LogP contribution is -2.30. The number of amides is 1. The van der Waals surface area contributed by atoms with Gasteiger partial charge in [0, 0.05) is 19.3 Å². The van der Waals surface area contributed by atoms with Crippen molar-refractivity contribution in [3.8, 4) is 0 Å². The number of hydrogen-bond acceptors (Lipinski definition) is 7. The van der Waals surface area contributed by atoms with Crippen molar-refractivity contribution in [2.45, 2.75) is 13.3 Å². The molecule has 3 aromatic heterocycles. The standard InChI is InChI=1S/C15H16N6OS/c1-2-12-11(7-16-8-19-12)14(22)18-5-4-17-13-10-3-6-23-15(10)21-9-20-13/h3,6-9H,2,4-5H2,1H3,(H,18,22)(H,17,20,21). The van der Waals surface area contributed by atoms with Crippen LogP contribution in [0.5, 0.6) is 0 Å². The van der Waals surface area contributed by atoms with E-state index in [9.17, 15) is 4.79 Å². The molecule has 7 nitrogen and oxygen atoms in total. The number of fused-ring (bicyclic) bond motifs is 1. The second-order valence-electron chi connectivity index (χ2n) is 4.78. The van der Waals surface area contributed by atoms with Crippen molar-refractivity contribution in [3.05, 3.63) is 41.6 Å². The highest BCUT2D eigenvalue weighted by Crippen LogP contribution is 2.23. The summed E-state index contributed by atoms with van der Waals surface area (Å²) in [5, 5.41) is 9.06. The fraction of sp³-hybridized carbons (Fsp3) is 0.267. The first-order valence-corrected chi connectivity index (χ1v) is 8.16. The van der Waals surface area contributed by atoms with E-state index >= 15 is 0 Å². The Balaban J connectivity index is 1.55. The molecule has 3 rings (SSSR count). The van der Waals surface area contributed by atoms with Crippen LogP contribution in [-0.2, 0) is 6.42 Å². The highest BCUT2D eigenvalue weighted by Gasteiger charge is 2.11. The second kappa shape index (κ2) is 7.10. The summed E-state index contributed by atoms with van der Waals surface area (Å²) in [5.74, 6) is 0.621. The van der Waals surface area contributed by atoms with E-state index in [0.29, 0.717) is 25.1 Å². The molecule has 0 radical (unpaired) electrons. The lowest BCUT2D eigenvalue weighted by atomic mass is 10.2.